The molecule has 1 aliphatic carbocycles. The predicted octanol–water partition coefficient (Wildman–Crippen LogP) is 2.65. The summed E-state index contributed by atoms with van der Waals surface area (Å²) < 4.78 is 0. The summed E-state index contributed by atoms with van der Waals surface area (Å²) >= 11 is 0. The van der Waals surface area contributed by atoms with Crippen molar-refractivity contribution in [3.8, 4) is 0 Å². The van der Waals surface area contributed by atoms with Crippen LogP contribution in [0.4, 0.5) is 0 Å². The number of rotatable bonds is 8. The first-order chi connectivity index (χ1) is 6.86. The molecule has 0 radical (unpaired) electrons. The molecular weight excluding hydrogens is 169 g/mol. The van der Waals surface area contributed by atoms with Crippen molar-refractivity contribution in [3.05, 3.63) is 0 Å². The van der Waals surface area contributed by atoms with E-state index in [9.17, 15) is 0 Å². The largest absolute Gasteiger partial charge is 0.359 e. The minimum Gasteiger partial charge on any atom is -0.359 e. The zero-order chi connectivity index (χ0) is 10.2. The minimum absolute atomic E-state index is 0.847. The lowest BCUT2D eigenvalue weighted by molar-refractivity contribution is 0.229. The Bertz CT molecular complexity index is 132. The van der Waals surface area contributed by atoms with E-state index in [1.54, 1.807) is 0 Å². The summed E-state index contributed by atoms with van der Waals surface area (Å²) in [6.07, 6.45) is 13.0. The van der Waals surface area contributed by atoms with E-state index < -0.39 is 0 Å². The van der Waals surface area contributed by atoms with Crippen LogP contribution in [-0.2, 0) is 0 Å². The van der Waals surface area contributed by atoms with Crippen molar-refractivity contribution in [1.82, 2.24) is 5.23 Å². The van der Waals surface area contributed by atoms with Gasteiger partial charge in [0.05, 0.1) is 0 Å². The zero-order valence-electron chi connectivity index (χ0n) is 10.0. The van der Waals surface area contributed by atoms with E-state index in [-0.39, 0.29) is 0 Å². The number of unbranched alkanes of at least 4 members (excludes halogenated alkanes) is 5. The third-order valence-corrected chi connectivity index (χ3v) is 3.61. The van der Waals surface area contributed by atoms with Gasteiger partial charge in [-0.3, -0.25) is 0 Å². The smallest absolute Gasteiger partial charge is 0.182 e. The van der Waals surface area contributed by atoms with E-state index in [1.165, 1.54) is 57.8 Å². The summed E-state index contributed by atoms with van der Waals surface area (Å²) in [6.45, 7) is 2.28. The summed E-state index contributed by atoms with van der Waals surface area (Å²) in [5.74, 6) is 1.05. The Balaban J connectivity index is 1.77. The van der Waals surface area contributed by atoms with Crippen molar-refractivity contribution in [2.45, 2.75) is 70.8 Å². The average molecular weight is 195 g/mol. The third kappa shape index (κ3) is 4.50. The summed E-state index contributed by atoms with van der Waals surface area (Å²) in [5, 5.41) is 3.35. The molecule has 0 bridgehead atoms. The molecule has 0 aromatic carbocycles. The van der Waals surface area contributed by atoms with Gasteiger partial charge in [0.2, 0.25) is 0 Å². The second-order valence-corrected chi connectivity index (χ2v) is 4.88. The topological polar surface area (TPSA) is 12.0 Å². The summed E-state index contributed by atoms with van der Waals surface area (Å²) in [7, 11) is 2.09. The Morgan fingerprint density at radius 2 is 1.71 bits per heavy atom. The lowest BCUT2D eigenvalue weighted by Gasteiger charge is -2.35. The molecule has 0 atom stereocenters. The van der Waals surface area contributed by atoms with Crippen molar-refractivity contribution in [2.24, 2.45) is 5.92 Å². The molecule has 1 rings (SSSR count). The van der Waals surface area contributed by atoms with Crippen molar-refractivity contribution >= 4 is 7.98 Å². The molecule has 82 valence electrons. The molecule has 14 heavy (non-hydrogen) atoms. The van der Waals surface area contributed by atoms with Crippen LogP contribution in [0.3, 0.4) is 0 Å². The first-order valence-corrected chi connectivity index (χ1v) is 6.54. The fraction of sp³-hybridized carbons (Fsp3) is 1.00. The van der Waals surface area contributed by atoms with Gasteiger partial charge in [0.25, 0.3) is 0 Å². The molecule has 1 nitrogen and oxygen atoms in total. The number of hydrogen-bond acceptors (Lipinski definition) is 1. The highest BCUT2D eigenvalue weighted by Gasteiger charge is 2.26. The van der Waals surface area contributed by atoms with Gasteiger partial charge in [0, 0.05) is 0 Å². The fourth-order valence-electron chi connectivity index (χ4n) is 2.42. The van der Waals surface area contributed by atoms with Gasteiger partial charge < -0.3 is 5.23 Å². The molecule has 0 spiro atoms. The lowest BCUT2D eigenvalue weighted by atomic mass is 9.76. The Morgan fingerprint density at radius 1 is 1.07 bits per heavy atom. The lowest BCUT2D eigenvalue weighted by Crippen LogP contribution is -2.39. The molecule has 0 heterocycles. The van der Waals surface area contributed by atoms with Gasteiger partial charge in [0.15, 0.2) is 7.98 Å². The van der Waals surface area contributed by atoms with Crippen molar-refractivity contribution in [1.29, 1.82) is 0 Å². The maximum Gasteiger partial charge on any atom is 0.182 e. The van der Waals surface area contributed by atoms with Crippen LogP contribution in [0.2, 0.25) is 0 Å². The maximum atomic E-state index is 3.35. The molecule has 0 aliphatic heterocycles. The van der Waals surface area contributed by atoms with Gasteiger partial charge in [-0.15, -0.1) is 0 Å². The van der Waals surface area contributed by atoms with Crippen molar-refractivity contribution < 1.29 is 0 Å². The number of nitrogens with one attached hydrogen (secondary N) is 1. The first-order valence-electron chi connectivity index (χ1n) is 6.54. The van der Waals surface area contributed by atoms with Gasteiger partial charge in [0.1, 0.15) is 0 Å². The Morgan fingerprint density at radius 3 is 2.36 bits per heavy atom. The molecule has 1 saturated carbocycles. The summed E-state index contributed by atoms with van der Waals surface area (Å²) in [5.41, 5.74) is 0. The van der Waals surface area contributed by atoms with E-state index >= 15 is 0 Å². The second-order valence-electron chi connectivity index (χ2n) is 4.88. The minimum atomic E-state index is 0.847. The molecule has 1 N–H and O–H groups in total. The van der Waals surface area contributed by atoms with Crippen LogP contribution in [0.1, 0.15) is 64.7 Å². The van der Waals surface area contributed by atoms with Gasteiger partial charge in [-0.05, 0) is 24.8 Å². The monoisotopic (exact) mass is 195 g/mol. The highest BCUT2D eigenvalue weighted by Crippen LogP contribution is 2.31. The molecule has 0 saturated heterocycles. The molecule has 0 aromatic rings. The normalized spacial score (nSPS) is 26.1. The predicted molar refractivity (Wildman–Crippen MR) is 66.2 cm³/mol. The fourth-order valence-corrected chi connectivity index (χ4v) is 2.42. The van der Waals surface area contributed by atoms with Crippen LogP contribution in [0.25, 0.3) is 0 Å². The van der Waals surface area contributed by atoms with Crippen LogP contribution in [0, 0.1) is 5.92 Å². The summed E-state index contributed by atoms with van der Waals surface area (Å²) in [4.78, 5) is 0. The van der Waals surface area contributed by atoms with E-state index in [4.69, 9.17) is 0 Å². The molecule has 1 fully saturated rings. The molecule has 0 unspecified atom stereocenters. The van der Waals surface area contributed by atoms with E-state index in [0.717, 1.165) is 12.0 Å². The zero-order valence-corrected chi connectivity index (χ0v) is 10.0. The van der Waals surface area contributed by atoms with E-state index in [0.29, 0.717) is 0 Å². The number of hydrogen-bond donors (Lipinski definition) is 1. The van der Waals surface area contributed by atoms with Crippen molar-refractivity contribution in [2.75, 3.05) is 0 Å². The van der Waals surface area contributed by atoms with Gasteiger partial charge in [-0.2, -0.15) is 0 Å². The molecule has 2 heteroatoms. The Hall–Kier alpha value is 0.0249. The molecule has 0 aromatic heterocycles. The van der Waals surface area contributed by atoms with Crippen LogP contribution in [-0.4, -0.2) is 14.0 Å². The van der Waals surface area contributed by atoms with Gasteiger partial charge >= 0.3 is 0 Å². The van der Waals surface area contributed by atoms with Crippen molar-refractivity contribution in [3.63, 3.8) is 0 Å². The van der Waals surface area contributed by atoms with Crippen LogP contribution < -0.4 is 5.23 Å². The standard InChI is InChI=1S/C12H26BN/c1-2-3-4-5-6-7-8-11-9-12(10-11)14-13/h11-12,14H,2-10,13H2,1H3/t11-,12+. The van der Waals surface area contributed by atoms with Crippen LogP contribution >= 0.6 is 0 Å². The molecular formula is C12H26BN. The summed E-state index contributed by atoms with van der Waals surface area (Å²) in [6, 6.07) is 0.847. The maximum absolute atomic E-state index is 3.35. The quantitative estimate of drug-likeness (QED) is 0.463. The Kier molecular flexibility index (Phi) is 6.34. The van der Waals surface area contributed by atoms with E-state index in [2.05, 4.69) is 20.1 Å². The first kappa shape index (κ1) is 12.1. The van der Waals surface area contributed by atoms with Gasteiger partial charge in [-0.1, -0.05) is 51.9 Å². The third-order valence-electron chi connectivity index (χ3n) is 3.61. The van der Waals surface area contributed by atoms with E-state index in [1.807, 2.05) is 0 Å². The molecule has 0 amide bonds. The Labute approximate surface area is 90.5 Å². The molecule has 1 aliphatic rings. The van der Waals surface area contributed by atoms with Crippen LogP contribution in [0.15, 0.2) is 0 Å². The second kappa shape index (κ2) is 7.33. The SMILES string of the molecule is BN[C@H]1C[C@@H](CCCCCCCC)C1. The highest BCUT2D eigenvalue weighted by atomic mass is 14.8. The van der Waals surface area contributed by atoms with Crippen LogP contribution in [0.5, 0.6) is 0 Å². The van der Waals surface area contributed by atoms with Gasteiger partial charge in [-0.25, -0.2) is 0 Å². The highest BCUT2D eigenvalue weighted by molar-refractivity contribution is 6.04. The average Bonchev–Trinajstić information content (AvgIpc) is 2.14.